The largest absolute Gasteiger partial charge is 0.467 e. The second kappa shape index (κ2) is 5.12. The molecule has 2 saturated carbocycles. The SMILES string of the molecule is COC(=O)C1CC2(CN1C(=O)OC(C)(C)C)CC1(CCC1)C2(C)C. The molecule has 0 aromatic heterocycles. The van der Waals surface area contributed by atoms with Crippen LogP contribution < -0.4 is 0 Å². The molecule has 2 aliphatic carbocycles. The fraction of sp³-hybridized carbons (Fsp3) is 0.895. The van der Waals surface area contributed by atoms with Crippen molar-refractivity contribution in [3.8, 4) is 0 Å². The lowest BCUT2D eigenvalue weighted by molar-refractivity contribution is -0.231. The summed E-state index contributed by atoms with van der Waals surface area (Å²) >= 11 is 0. The summed E-state index contributed by atoms with van der Waals surface area (Å²) in [6, 6.07) is -0.526. The van der Waals surface area contributed by atoms with E-state index < -0.39 is 17.7 Å². The van der Waals surface area contributed by atoms with Gasteiger partial charge >= 0.3 is 12.1 Å². The van der Waals surface area contributed by atoms with Crippen molar-refractivity contribution in [2.75, 3.05) is 13.7 Å². The number of hydrogen-bond acceptors (Lipinski definition) is 4. The van der Waals surface area contributed by atoms with Gasteiger partial charge in [-0.2, -0.15) is 0 Å². The summed E-state index contributed by atoms with van der Waals surface area (Å²) in [6.07, 6.45) is 5.25. The zero-order valence-corrected chi connectivity index (χ0v) is 15.9. The molecular formula is C19H31NO4. The number of likely N-dealkylation sites (tertiary alicyclic amines) is 1. The highest BCUT2D eigenvalue weighted by atomic mass is 16.6. The van der Waals surface area contributed by atoms with Gasteiger partial charge in [-0.15, -0.1) is 0 Å². The van der Waals surface area contributed by atoms with E-state index in [0.29, 0.717) is 18.4 Å². The van der Waals surface area contributed by atoms with Crippen molar-refractivity contribution < 1.29 is 19.1 Å². The van der Waals surface area contributed by atoms with Crippen molar-refractivity contribution in [3.63, 3.8) is 0 Å². The molecule has 2 unspecified atom stereocenters. The number of carbonyl (C=O) groups is 2. The van der Waals surface area contributed by atoms with E-state index in [1.54, 1.807) is 4.90 Å². The van der Waals surface area contributed by atoms with E-state index in [1.165, 1.54) is 26.4 Å². The fourth-order valence-electron chi connectivity index (χ4n) is 5.37. The Balaban J connectivity index is 1.84. The van der Waals surface area contributed by atoms with Gasteiger partial charge in [0.25, 0.3) is 0 Å². The molecule has 3 aliphatic rings. The Labute approximate surface area is 145 Å². The van der Waals surface area contributed by atoms with Crippen molar-refractivity contribution in [2.24, 2.45) is 16.2 Å². The van der Waals surface area contributed by atoms with Crippen LogP contribution in [0.5, 0.6) is 0 Å². The molecule has 1 heterocycles. The van der Waals surface area contributed by atoms with Gasteiger partial charge in [0.05, 0.1) is 7.11 Å². The summed E-state index contributed by atoms with van der Waals surface area (Å²) in [5, 5.41) is 0. The topological polar surface area (TPSA) is 55.8 Å². The lowest BCUT2D eigenvalue weighted by Crippen LogP contribution is -2.66. The number of rotatable bonds is 1. The summed E-state index contributed by atoms with van der Waals surface area (Å²) < 4.78 is 10.5. The van der Waals surface area contributed by atoms with Crippen LogP contribution >= 0.6 is 0 Å². The van der Waals surface area contributed by atoms with Crippen LogP contribution in [0.4, 0.5) is 4.79 Å². The van der Waals surface area contributed by atoms with Crippen LogP contribution in [0.1, 0.15) is 66.7 Å². The van der Waals surface area contributed by atoms with Gasteiger partial charge in [-0.1, -0.05) is 20.3 Å². The molecule has 0 aromatic rings. The van der Waals surface area contributed by atoms with E-state index in [-0.39, 0.29) is 16.8 Å². The normalized spacial score (nSPS) is 33.1. The molecular weight excluding hydrogens is 306 g/mol. The number of esters is 1. The molecule has 0 bridgehead atoms. The highest BCUT2D eigenvalue weighted by Crippen LogP contribution is 2.77. The van der Waals surface area contributed by atoms with Gasteiger partial charge in [-0.3, -0.25) is 4.90 Å². The van der Waals surface area contributed by atoms with Crippen LogP contribution in [0.3, 0.4) is 0 Å². The first kappa shape index (κ1) is 17.6. The monoisotopic (exact) mass is 337 g/mol. The maximum absolute atomic E-state index is 12.7. The third-order valence-electron chi connectivity index (χ3n) is 7.17. The number of methoxy groups -OCH3 is 1. The van der Waals surface area contributed by atoms with Crippen LogP contribution in [0.2, 0.25) is 0 Å². The average molecular weight is 337 g/mol. The molecule has 0 radical (unpaired) electrons. The summed E-state index contributed by atoms with van der Waals surface area (Å²) in [5.74, 6) is -0.330. The Bertz CT molecular complexity index is 558. The number of hydrogen-bond donors (Lipinski definition) is 0. The summed E-state index contributed by atoms with van der Waals surface area (Å²) in [6.45, 7) is 10.8. The zero-order chi connectivity index (χ0) is 18.0. The summed E-state index contributed by atoms with van der Waals surface area (Å²) in [7, 11) is 1.39. The minimum atomic E-state index is -0.572. The van der Waals surface area contributed by atoms with Gasteiger partial charge in [0.1, 0.15) is 11.6 Å². The first-order valence-corrected chi connectivity index (χ1v) is 9.05. The molecule has 1 saturated heterocycles. The van der Waals surface area contributed by atoms with Crippen LogP contribution in [0.25, 0.3) is 0 Å². The van der Waals surface area contributed by atoms with Crippen molar-refractivity contribution in [2.45, 2.75) is 78.4 Å². The third kappa shape index (κ3) is 2.26. The average Bonchev–Trinajstić information content (AvgIpc) is 2.82. The van der Waals surface area contributed by atoms with Gasteiger partial charge in [0.15, 0.2) is 0 Å². The van der Waals surface area contributed by atoms with E-state index >= 15 is 0 Å². The molecule has 136 valence electrons. The minimum absolute atomic E-state index is 0.00316. The Morgan fingerprint density at radius 1 is 1.12 bits per heavy atom. The van der Waals surface area contributed by atoms with Gasteiger partial charge in [0, 0.05) is 6.54 Å². The Morgan fingerprint density at radius 2 is 1.75 bits per heavy atom. The number of carbonyl (C=O) groups excluding carboxylic acids is 2. The molecule has 0 aromatic carbocycles. The molecule has 3 fully saturated rings. The van der Waals surface area contributed by atoms with Crippen molar-refractivity contribution in [3.05, 3.63) is 0 Å². The van der Waals surface area contributed by atoms with Crippen LogP contribution in [-0.4, -0.2) is 42.3 Å². The molecule has 24 heavy (non-hydrogen) atoms. The Morgan fingerprint density at radius 3 is 2.17 bits per heavy atom. The second-order valence-electron chi connectivity index (χ2n) is 9.57. The third-order valence-corrected chi connectivity index (χ3v) is 7.17. The summed E-state index contributed by atoms with van der Waals surface area (Å²) in [5.41, 5.74) is -0.0140. The maximum atomic E-state index is 12.7. The van der Waals surface area contributed by atoms with Crippen LogP contribution in [-0.2, 0) is 14.3 Å². The smallest absolute Gasteiger partial charge is 0.411 e. The van der Waals surface area contributed by atoms with Crippen LogP contribution in [0.15, 0.2) is 0 Å². The van der Waals surface area contributed by atoms with Crippen LogP contribution in [0, 0.1) is 16.2 Å². The quantitative estimate of drug-likeness (QED) is 0.684. The Hall–Kier alpha value is -1.26. The number of nitrogens with zero attached hydrogens (tertiary/aromatic N) is 1. The number of amides is 1. The van der Waals surface area contributed by atoms with E-state index in [4.69, 9.17) is 9.47 Å². The van der Waals surface area contributed by atoms with Gasteiger partial charge in [-0.25, -0.2) is 9.59 Å². The molecule has 0 N–H and O–H groups in total. The van der Waals surface area contributed by atoms with E-state index in [1.807, 2.05) is 20.8 Å². The van der Waals surface area contributed by atoms with E-state index in [0.717, 1.165) is 6.42 Å². The van der Waals surface area contributed by atoms with Gasteiger partial charge < -0.3 is 9.47 Å². The molecule has 1 aliphatic heterocycles. The van der Waals surface area contributed by atoms with Crippen molar-refractivity contribution in [1.29, 1.82) is 0 Å². The van der Waals surface area contributed by atoms with Crippen molar-refractivity contribution in [1.82, 2.24) is 4.90 Å². The molecule has 3 rings (SSSR count). The summed E-state index contributed by atoms with van der Waals surface area (Å²) in [4.78, 5) is 26.6. The molecule has 5 heteroatoms. The van der Waals surface area contributed by atoms with Crippen molar-refractivity contribution >= 4 is 12.1 Å². The van der Waals surface area contributed by atoms with Gasteiger partial charge in [0.2, 0.25) is 0 Å². The number of ether oxygens (including phenoxy) is 2. The predicted octanol–water partition coefficient (Wildman–Crippen LogP) is 3.76. The van der Waals surface area contributed by atoms with E-state index in [2.05, 4.69) is 13.8 Å². The van der Waals surface area contributed by atoms with Gasteiger partial charge in [-0.05, 0) is 62.7 Å². The lowest BCUT2D eigenvalue weighted by Gasteiger charge is -2.72. The fourth-order valence-corrected chi connectivity index (χ4v) is 5.37. The molecule has 1 amide bonds. The highest BCUT2D eigenvalue weighted by molar-refractivity contribution is 5.82. The second-order valence-corrected chi connectivity index (χ2v) is 9.57. The predicted molar refractivity (Wildman–Crippen MR) is 90.5 cm³/mol. The first-order chi connectivity index (χ1) is 11.0. The molecule has 5 nitrogen and oxygen atoms in total. The molecule has 2 atom stereocenters. The lowest BCUT2D eigenvalue weighted by atomic mass is 9.32. The zero-order valence-electron chi connectivity index (χ0n) is 15.9. The molecule has 2 spiro atoms. The van der Waals surface area contributed by atoms with E-state index in [9.17, 15) is 9.59 Å². The maximum Gasteiger partial charge on any atom is 0.411 e. The minimum Gasteiger partial charge on any atom is -0.467 e. The first-order valence-electron chi connectivity index (χ1n) is 9.05. The standard InChI is InChI=1S/C19H31NO4/c1-16(2,3)24-15(22)20-12-19(10-13(20)14(21)23-6)11-18(8-7-9-18)17(19,4)5/h13H,7-12H2,1-6H3. The highest BCUT2D eigenvalue weighted by Gasteiger charge is 2.73. The Kier molecular flexibility index (Phi) is 3.75.